The summed E-state index contributed by atoms with van der Waals surface area (Å²) in [4.78, 5) is 22.9. The first-order valence-corrected chi connectivity index (χ1v) is 14.0. The summed E-state index contributed by atoms with van der Waals surface area (Å²) < 4.78 is 13.4. The third-order valence-corrected chi connectivity index (χ3v) is 7.97. The molecule has 1 N–H and O–H groups in total. The zero-order valence-corrected chi connectivity index (χ0v) is 23.4. The number of para-hydroxylation sites is 1. The molecule has 1 aliphatic carbocycles. The summed E-state index contributed by atoms with van der Waals surface area (Å²) in [5.74, 6) is 2.25. The van der Waals surface area contributed by atoms with Crippen molar-refractivity contribution in [3.63, 3.8) is 0 Å². The van der Waals surface area contributed by atoms with Crippen molar-refractivity contribution in [2.75, 3.05) is 19.5 Å². The number of methoxy groups -OCH3 is 2. The fourth-order valence-electron chi connectivity index (χ4n) is 5.86. The second-order valence-corrected chi connectivity index (χ2v) is 10.4. The quantitative estimate of drug-likeness (QED) is 0.249. The van der Waals surface area contributed by atoms with Crippen LogP contribution in [0.2, 0.25) is 0 Å². The maximum Gasteiger partial charge on any atom is 0.274 e. The van der Waals surface area contributed by atoms with E-state index in [4.69, 9.17) is 14.5 Å². The van der Waals surface area contributed by atoms with Gasteiger partial charge in [0.25, 0.3) is 5.91 Å². The highest BCUT2D eigenvalue weighted by atomic mass is 16.5. The van der Waals surface area contributed by atoms with Crippen molar-refractivity contribution in [1.82, 2.24) is 14.5 Å². The minimum absolute atomic E-state index is 0.234. The van der Waals surface area contributed by atoms with Crippen LogP contribution in [0.15, 0.2) is 48.7 Å². The van der Waals surface area contributed by atoms with Gasteiger partial charge in [-0.1, -0.05) is 50.3 Å². The van der Waals surface area contributed by atoms with Crippen molar-refractivity contribution >= 4 is 22.8 Å². The zero-order chi connectivity index (χ0) is 27.4. The lowest BCUT2D eigenvalue weighted by Gasteiger charge is -2.22. The predicted octanol–water partition coefficient (Wildman–Crippen LogP) is 7.21. The standard InChI is InChI=1S/C32H38N4O3/c1-5-36-26-14-10-9-13-23(26)18-27(36)31(37)35-32-33-20-24(16-15-22-11-7-6-8-12-22)30(34-32)25-19-28(38-3)21(2)17-29(25)39-4/h9-10,13-14,17-20,22H,5-8,11-12,15-16H2,1-4H3,(H,33,34,35,37). The Balaban J connectivity index is 1.51. The summed E-state index contributed by atoms with van der Waals surface area (Å²) in [6, 6.07) is 13.9. The molecule has 0 aliphatic heterocycles. The average Bonchev–Trinajstić information content (AvgIpc) is 3.36. The van der Waals surface area contributed by atoms with Crippen LogP contribution >= 0.6 is 0 Å². The number of amides is 1. The average molecular weight is 527 g/mol. The van der Waals surface area contributed by atoms with Crippen molar-refractivity contribution in [3.05, 3.63) is 65.5 Å². The number of aryl methyl sites for hydroxylation is 3. The van der Waals surface area contributed by atoms with Crippen molar-refractivity contribution in [1.29, 1.82) is 0 Å². The fourth-order valence-corrected chi connectivity index (χ4v) is 5.86. The largest absolute Gasteiger partial charge is 0.496 e. The van der Waals surface area contributed by atoms with E-state index in [0.29, 0.717) is 18.0 Å². The van der Waals surface area contributed by atoms with E-state index in [2.05, 4.69) is 10.3 Å². The molecule has 1 fully saturated rings. The van der Waals surface area contributed by atoms with Gasteiger partial charge < -0.3 is 14.0 Å². The molecule has 0 radical (unpaired) electrons. The molecule has 7 heteroatoms. The number of rotatable bonds is 9. The Morgan fingerprint density at radius 1 is 1.05 bits per heavy atom. The molecule has 0 atom stereocenters. The normalized spacial score (nSPS) is 13.9. The van der Waals surface area contributed by atoms with Crippen LogP contribution < -0.4 is 14.8 Å². The second kappa shape index (κ2) is 11.9. The Morgan fingerprint density at radius 3 is 2.56 bits per heavy atom. The summed E-state index contributed by atoms with van der Waals surface area (Å²) >= 11 is 0. The van der Waals surface area contributed by atoms with Gasteiger partial charge in [0.2, 0.25) is 5.95 Å². The van der Waals surface area contributed by atoms with Gasteiger partial charge in [-0.25, -0.2) is 9.97 Å². The number of ether oxygens (including phenoxy) is 2. The van der Waals surface area contributed by atoms with E-state index in [1.165, 1.54) is 32.1 Å². The molecule has 7 nitrogen and oxygen atoms in total. The zero-order valence-electron chi connectivity index (χ0n) is 23.4. The second-order valence-electron chi connectivity index (χ2n) is 10.4. The van der Waals surface area contributed by atoms with Crippen LogP contribution in [0.25, 0.3) is 22.2 Å². The Morgan fingerprint density at radius 2 is 1.82 bits per heavy atom. The number of anilines is 1. The van der Waals surface area contributed by atoms with Gasteiger partial charge in [-0.05, 0) is 68.0 Å². The van der Waals surface area contributed by atoms with Gasteiger partial charge in [-0.15, -0.1) is 0 Å². The summed E-state index contributed by atoms with van der Waals surface area (Å²) in [5.41, 5.74) is 5.24. The van der Waals surface area contributed by atoms with Crippen LogP contribution in [0.5, 0.6) is 11.5 Å². The highest BCUT2D eigenvalue weighted by Gasteiger charge is 2.21. The molecule has 0 bridgehead atoms. The lowest BCUT2D eigenvalue weighted by Crippen LogP contribution is -2.18. The minimum atomic E-state index is -0.234. The smallest absolute Gasteiger partial charge is 0.274 e. The number of carbonyl (C=O) groups is 1. The molecule has 4 aromatic rings. The summed E-state index contributed by atoms with van der Waals surface area (Å²) in [7, 11) is 3.33. The lowest BCUT2D eigenvalue weighted by atomic mass is 9.85. The SMILES string of the molecule is CCn1c(C(=O)Nc2ncc(CCC3CCCCC3)c(-c3cc(OC)c(C)cc3OC)n2)cc2ccccc21. The maximum absolute atomic E-state index is 13.4. The van der Waals surface area contributed by atoms with Crippen molar-refractivity contribution in [3.8, 4) is 22.8 Å². The number of carbonyl (C=O) groups excluding carboxylic acids is 1. The molecule has 1 saturated carbocycles. The van der Waals surface area contributed by atoms with Crippen molar-refractivity contribution < 1.29 is 14.3 Å². The number of nitrogens with zero attached hydrogens (tertiary/aromatic N) is 3. The van der Waals surface area contributed by atoms with E-state index >= 15 is 0 Å². The summed E-state index contributed by atoms with van der Waals surface area (Å²) in [6.45, 7) is 4.71. The van der Waals surface area contributed by atoms with Gasteiger partial charge in [-0.3, -0.25) is 10.1 Å². The third kappa shape index (κ3) is 5.63. The van der Waals surface area contributed by atoms with Crippen LogP contribution in [0, 0.1) is 12.8 Å². The Labute approximate surface area is 230 Å². The molecule has 39 heavy (non-hydrogen) atoms. The van der Waals surface area contributed by atoms with E-state index in [1.54, 1.807) is 14.2 Å². The van der Waals surface area contributed by atoms with Crippen molar-refractivity contribution in [2.24, 2.45) is 5.92 Å². The third-order valence-electron chi connectivity index (χ3n) is 7.97. The Hall–Kier alpha value is -3.87. The van der Waals surface area contributed by atoms with Gasteiger partial charge >= 0.3 is 0 Å². The molecule has 1 amide bonds. The van der Waals surface area contributed by atoms with Crippen LogP contribution in [-0.4, -0.2) is 34.7 Å². The number of nitrogens with one attached hydrogen (secondary N) is 1. The molecule has 0 spiro atoms. The number of fused-ring (bicyclic) bond motifs is 1. The number of hydrogen-bond acceptors (Lipinski definition) is 5. The number of hydrogen-bond donors (Lipinski definition) is 1. The molecule has 0 saturated heterocycles. The van der Waals surface area contributed by atoms with Crippen molar-refractivity contribution in [2.45, 2.75) is 65.3 Å². The predicted molar refractivity (Wildman–Crippen MR) is 156 cm³/mol. The van der Waals surface area contributed by atoms with Gasteiger partial charge in [0.05, 0.1) is 19.9 Å². The van der Waals surface area contributed by atoms with E-state index in [-0.39, 0.29) is 11.9 Å². The first kappa shape index (κ1) is 26.7. The van der Waals surface area contributed by atoms with Crippen LogP contribution in [0.3, 0.4) is 0 Å². The van der Waals surface area contributed by atoms with E-state index < -0.39 is 0 Å². The van der Waals surface area contributed by atoms with Crippen LogP contribution in [0.4, 0.5) is 5.95 Å². The molecule has 2 heterocycles. The van der Waals surface area contributed by atoms with E-state index in [0.717, 1.165) is 57.8 Å². The fraction of sp³-hybridized carbons (Fsp3) is 0.406. The molecule has 204 valence electrons. The molecule has 1 aliphatic rings. The lowest BCUT2D eigenvalue weighted by molar-refractivity contribution is 0.101. The molecule has 2 aromatic carbocycles. The van der Waals surface area contributed by atoms with Crippen LogP contribution in [0.1, 0.15) is 67.1 Å². The monoisotopic (exact) mass is 526 g/mol. The first-order chi connectivity index (χ1) is 19.0. The molecule has 5 rings (SSSR count). The minimum Gasteiger partial charge on any atom is -0.496 e. The number of benzene rings is 2. The van der Waals surface area contributed by atoms with Gasteiger partial charge in [0.15, 0.2) is 0 Å². The first-order valence-electron chi connectivity index (χ1n) is 14.0. The van der Waals surface area contributed by atoms with E-state index in [9.17, 15) is 4.79 Å². The van der Waals surface area contributed by atoms with Gasteiger partial charge in [0.1, 0.15) is 17.2 Å². The molecule has 2 aromatic heterocycles. The van der Waals surface area contributed by atoms with Gasteiger partial charge in [0, 0.05) is 29.2 Å². The summed E-state index contributed by atoms with van der Waals surface area (Å²) in [6.07, 6.45) is 10.4. The highest BCUT2D eigenvalue weighted by Crippen LogP contribution is 2.38. The molecule has 0 unspecified atom stereocenters. The number of aromatic nitrogens is 3. The topological polar surface area (TPSA) is 78.3 Å². The maximum atomic E-state index is 13.4. The Kier molecular flexibility index (Phi) is 8.15. The summed E-state index contributed by atoms with van der Waals surface area (Å²) in [5, 5.41) is 3.99. The molecular weight excluding hydrogens is 488 g/mol. The van der Waals surface area contributed by atoms with Gasteiger partial charge in [-0.2, -0.15) is 0 Å². The highest BCUT2D eigenvalue weighted by molar-refractivity contribution is 6.05. The van der Waals surface area contributed by atoms with Crippen LogP contribution in [-0.2, 0) is 13.0 Å². The Bertz CT molecular complexity index is 1470. The van der Waals surface area contributed by atoms with E-state index in [1.807, 2.05) is 67.1 Å². The molecular formula is C32H38N4O3.